The topological polar surface area (TPSA) is 0 Å². The van der Waals surface area contributed by atoms with E-state index < -0.39 is 0 Å². The summed E-state index contributed by atoms with van der Waals surface area (Å²) < 4.78 is 26.6. The lowest BCUT2D eigenvalue weighted by molar-refractivity contribution is 0.627. The summed E-state index contributed by atoms with van der Waals surface area (Å²) in [7, 11) is 0. The summed E-state index contributed by atoms with van der Waals surface area (Å²) >= 11 is 0. The van der Waals surface area contributed by atoms with Crippen molar-refractivity contribution in [2.24, 2.45) is 0 Å². The molecule has 0 heterocycles. The summed E-state index contributed by atoms with van der Waals surface area (Å²) in [4.78, 5) is 0. The van der Waals surface area contributed by atoms with Gasteiger partial charge in [-0.25, -0.2) is 8.78 Å². The highest BCUT2D eigenvalue weighted by Gasteiger charge is 2.12. The first-order valence-corrected chi connectivity index (χ1v) is 7.76. The Balaban J connectivity index is 2.04. The van der Waals surface area contributed by atoms with E-state index in [4.69, 9.17) is 0 Å². The lowest BCUT2D eigenvalue weighted by Gasteiger charge is -2.14. The fourth-order valence-electron chi connectivity index (χ4n) is 3.07. The van der Waals surface area contributed by atoms with Gasteiger partial charge in [0.2, 0.25) is 0 Å². The molecule has 0 aliphatic rings. The maximum absolute atomic E-state index is 13.3. The zero-order valence-corrected chi connectivity index (χ0v) is 12.8. The second-order valence-electron chi connectivity index (χ2n) is 5.72. The Kier molecular flexibility index (Phi) is 3.58. The fraction of sp³-hybridized carbons (Fsp3) is 0. The van der Waals surface area contributed by atoms with Crippen LogP contribution in [0.25, 0.3) is 33.0 Å². The minimum Gasteiger partial charge on any atom is -0.207 e. The Morgan fingerprint density at radius 1 is 0.500 bits per heavy atom. The quantitative estimate of drug-likeness (QED) is 0.398. The Labute approximate surface area is 139 Å². The first-order valence-electron chi connectivity index (χ1n) is 7.76. The number of fused-ring (bicyclic) bond motifs is 1. The zero-order valence-electron chi connectivity index (χ0n) is 12.8. The van der Waals surface area contributed by atoms with Crippen molar-refractivity contribution in [1.29, 1.82) is 0 Å². The second-order valence-corrected chi connectivity index (χ2v) is 5.72. The zero-order chi connectivity index (χ0) is 16.5. The smallest absolute Gasteiger partial charge is 0.123 e. The molecule has 0 saturated heterocycles. The molecule has 0 N–H and O–H groups in total. The van der Waals surface area contributed by atoms with Crippen LogP contribution >= 0.6 is 0 Å². The van der Waals surface area contributed by atoms with E-state index in [0.717, 1.165) is 33.0 Å². The maximum Gasteiger partial charge on any atom is 0.123 e. The van der Waals surface area contributed by atoms with Crippen LogP contribution in [0, 0.1) is 11.6 Å². The standard InChI is InChI=1S/C22H14F2/c23-18-10-5-16(6-11-18)21-14-9-15-3-1-2-4-20(15)22(21)17-7-12-19(24)13-8-17/h1-14H. The summed E-state index contributed by atoms with van der Waals surface area (Å²) in [6, 6.07) is 25.1. The normalized spacial score (nSPS) is 10.9. The number of hydrogen-bond acceptors (Lipinski definition) is 0. The van der Waals surface area contributed by atoms with Crippen molar-refractivity contribution < 1.29 is 8.78 Å². The average molecular weight is 316 g/mol. The lowest BCUT2D eigenvalue weighted by atomic mass is 9.90. The van der Waals surface area contributed by atoms with Crippen molar-refractivity contribution in [3.05, 3.63) is 96.6 Å². The van der Waals surface area contributed by atoms with Gasteiger partial charge in [-0.15, -0.1) is 0 Å². The lowest BCUT2D eigenvalue weighted by Crippen LogP contribution is -1.89. The molecule has 0 nitrogen and oxygen atoms in total. The van der Waals surface area contributed by atoms with Crippen LogP contribution in [-0.4, -0.2) is 0 Å². The van der Waals surface area contributed by atoms with Crippen molar-refractivity contribution in [2.75, 3.05) is 0 Å². The number of halogens is 2. The Morgan fingerprint density at radius 3 is 1.75 bits per heavy atom. The van der Waals surface area contributed by atoms with Crippen molar-refractivity contribution in [2.45, 2.75) is 0 Å². The van der Waals surface area contributed by atoms with E-state index in [2.05, 4.69) is 18.2 Å². The molecule has 0 saturated carbocycles. The van der Waals surface area contributed by atoms with Crippen LogP contribution in [0.3, 0.4) is 0 Å². The molecule has 0 radical (unpaired) electrons. The highest BCUT2D eigenvalue weighted by molar-refractivity contribution is 6.04. The van der Waals surface area contributed by atoms with Crippen LogP contribution < -0.4 is 0 Å². The highest BCUT2D eigenvalue weighted by Crippen LogP contribution is 2.38. The van der Waals surface area contributed by atoms with Crippen LogP contribution in [0.1, 0.15) is 0 Å². The van der Waals surface area contributed by atoms with E-state index in [0.29, 0.717) is 0 Å². The van der Waals surface area contributed by atoms with Gasteiger partial charge in [0.15, 0.2) is 0 Å². The molecule has 116 valence electrons. The van der Waals surface area contributed by atoms with Gasteiger partial charge in [0.05, 0.1) is 0 Å². The minimum absolute atomic E-state index is 0.261. The van der Waals surface area contributed by atoms with Gasteiger partial charge in [-0.05, 0) is 57.3 Å². The summed E-state index contributed by atoms with van der Waals surface area (Å²) in [6.45, 7) is 0. The molecule has 0 amide bonds. The molecule has 0 atom stereocenters. The number of rotatable bonds is 2. The molecule has 0 aromatic heterocycles. The van der Waals surface area contributed by atoms with Crippen molar-refractivity contribution in [3.63, 3.8) is 0 Å². The predicted molar refractivity (Wildman–Crippen MR) is 94.7 cm³/mol. The molecule has 0 fully saturated rings. The molecule has 0 aliphatic heterocycles. The molecule has 0 bridgehead atoms. The Bertz CT molecular complexity index is 1000. The molecular formula is C22H14F2. The molecule has 0 unspecified atom stereocenters. The van der Waals surface area contributed by atoms with Crippen LogP contribution in [0.5, 0.6) is 0 Å². The fourth-order valence-corrected chi connectivity index (χ4v) is 3.07. The number of hydrogen-bond donors (Lipinski definition) is 0. The monoisotopic (exact) mass is 316 g/mol. The molecule has 0 aliphatic carbocycles. The van der Waals surface area contributed by atoms with Gasteiger partial charge >= 0.3 is 0 Å². The molecular weight excluding hydrogens is 302 g/mol. The summed E-state index contributed by atoms with van der Waals surface area (Å²) in [6.07, 6.45) is 0. The second kappa shape index (κ2) is 5.89. The predicted octanol–water partition coefficient (Wildman–Crippen LogP) is 6.45. The minimum atomic E-state index is -0.262. The largest absolute Gasteiger partial charge is 0.207 e. The van der Waals surface area contributed by atoms with Gasteiger partial charge in [-0.1, -0.05) is 60.7 Å². The van der Waals surface area contributed by atoms with E-state index in [-0.39, 0.29) is 11.6 Å². The van der Waals surface area contributed by atoms with Crippen molar-refractivity contribution in [1.82, 2.24) is 0 Å². The third-order valence-corrected chi connectivity index (χ3v) is 4.22. The van der Waals surface area contributed by atoms with Crippen LogP contribution in [0.4, 0.5) is 8.78 Å². The van der Waals surface area contributed by atoms with E-state index in [1.54, 1.807) is 24.3 Å². The Morgan fingerprint density at radius 2 is 1.08 bits per heavy atom. The molecule has 4 aromatic carbocycles. The highest BCUT2D eigenvalue weighted by atomic mass is 19.1. The van der Waals surface area contributed by atoms with Crippen LogP contribution in [0.2, 0.25) is 0 Å². The van der Waals surface area contributed by atoms with Gasteiger partial charge < -0.3 is 0 Å². The molecule has 24 heavy (non-hydrogen) atoms. The molecule has 4 rings (SSSR count). The summed E-state index contributed by atoms with van der Waals surface area (Å²) in [5.41, 5.74) is 3.90. The van der Waals surface area contributed by atoms with Gasteiger partial charge in [0.1, 0.15) is 11.6 Å². The maximum atomic E-state index is 13.3. The first-order chi connectivity index (χ1) is 11.7. The van der Waals surface area contributed by atoms with Crippen LogP contribution in [-0.2, 0) is 0 Å². The average Bonchev–Trinajstić information content (AvgIpc) is 2.62. The van der Waals surface area contributed by atoms with Gasteiger partial charge in [0, 0.05) is 0 Å². The van der Waals surface area contributed by atoms with E-state index >= 15 is 0 Å². The molecule has 2 heteroatoms. The van der Waals surface area contributed by atoms with E-state index in [1.807, 2.05) is 18.2 Å². The SMILES string of the molecule is Fc1ccc(-c2ccc3ccccc3c2-c2ccc(F)cc2)cc1. The van der Waals surface area contributed by atoms with E-state index in [1.165, 1.54) is 24.3 Å². The van der Waals surface area contributed by atoms with E-state index in [9.17, 15) is 8.78 Å². The molecule has 0 spiro atoms. The third kappa shape index (κ3) is 2.56. The summed E-state index contributed by atoms with van der Waals surface area (Å²) in [5.74, 6) is -0.523. The molecule has 4 aromatic rings. The first kappa shape index (κ1) is 14.6. The van der Waals surface area contributed by atoms with Gasteiger partial charge in [-0.2, -0.15) is 0 Å². The number of benzene rings is 4. The Hall–Kier alpha value is -3.00. The summed E-state index contributed by atoms with van der Waals surface area (Å²) in [5, 5.41) is 2.20. The third-order valence-electron chi connectivity index (χ3n) is 4.22. The van der Waals surface area contributed by atoms with Crippen LogP contribution in [0.15, 0.2) is 84.9 Å². The van der Waals surface area contributed by atoms with Gasteiger partial charge in [0.25, 0.3) is 0 Å². The van der Waals surface area contributed by atoms with Crippen molar-refractivity contribution in [3.8, 4) is 22.3 Å². The van der Waals surface area contributed by atoms with Gasteiger partial charge in [-0.3, -0.25) is 0 Å². The van der Waals surface area contributed by atoms with Crippen molar-refractivity contribution >= 4 is 10.8 Å².